The zero-order valence-electron chi connectivity index (χ0n) is 14.1. The van der Waals surface area contributed by atoms with Gasteiger partial charge in [-0.25, -0.2) is 4.98 Å². The predicted molar refractivity (Wildman–Crippen MR) is 80.8 cm³/mol. The molecule has 0 saturated heterocycles. The normalized spacial score (nSPS) is 14.6. The summed E-state index contributed by atoms with van der Waals surface area (Å²) in [6.07, 6.45) is -4.67. The van der Waals surface area contributed by atoms with Crippen LogP contribution in [-0.2, 0) is 6.18 Å². The maximum Gasteiger partial charge on any atom is 0.451 e. The lowest BCUT2D eigenvalue weighted by molar-refractivity contribution is -0.144. The number of aryl methyl sites for hydroxylation is 1. The van der Waals surface area contributed by atoms with Gasteiger partial charge in [-0.05, 0) is 19.8 Å². The molecule has 0 fully saturated rings. The van der Waals surface area contributed by atoms with Crippen LogP contribution < -0.4 is 11.1 Å². The molecule has 1 unspecified atom stereocenters. The van der Waals surface area contributed by atoms with E-state index >= 15 is 0 Å². The molecule has 25 heavy (non-hydrogen) atoms. The summed E-state index contributed by atoms with van der Waals surface area (Å²) in [5, 5.41) is 11.9. The fraction of sp³-hybridized carbons (Fsp3) is 0.615. The summed E-state index contributed by atoms with van der Waals surface area (Å²) in [5.74, 6) is -2.21. The number of hydrogen-bond acceptors (Lipinski definition) is 6. The van der Waals surface area contributed by atoms with E-state index in [9.17, 15) is 18.0 Å². The highest BCUT2D eigenvalue weighted by molar-refractivity contribution is 5.91. The Morgan fingerprint density at radius 1 is 1.36 bits per heavy atom. The van der Waals surface area contributed by atoms with Crippen molar-refractivity contribution in [2.75, 3.05) is 6.54 Å². The Morgan fingerprint density at radius 2 is 2.00 bits per heavy atom. The third kappa shape index (κ3) is 3.78. The minimum absolute atomic E-state index is 0.0481. The van der Waals surface area contributed by atoms with Gasteiger partial charge in [0.05, 0.1) is 5.54 Å². The molecule has 1 atom stereocenters. The zero-order valence-corrected chi connectivity index (χ0v) is 14.1. The van der Waals surface area contributed by atoms with Crippen molar-refractivity contribution in [1.82, 2.24) is 35.3 Å². The largest absolute Gasteiger partial charge is 0.451 e. The van der Waals surface area contributed by atoms with Gasteiger partial charge in [-0.3, -0.25) is 9.89 Å². The maximum atomic E-state index is 12.6. The maximum absolute atomic E-state index is 12.6. The molecule has 2 aromatic rings. The first kappa shape index (κ1) is 18.8. The number of nitrogens with zero attached hydrogens (tertiary/aromatic N) is 5. The van der Waals surface area contributed by atoms with Crippen molar-refractivity contribution in [2.45, 2.75) is 39.4 Å². The van der Waals surface area contributed by atoms with Gasteiger partial charge >= 0.3 is 6.18 Å². The number of amides is 1. The Labute approximate surface area is 141 Å². The van der Waals surface area contributed by atoms with E-state index in [2.05, 4.69) is 25.5 Å². The summed E-state index contributed by atoms with van der Waals surface area (Å²) in [4.78, 5) is 19.6. The predicted octanol–water partition coefficient (Wildman–Crippen LogP) is 0.816. The molecule has 0 aliphatic rings. The molecule has 0 aliphatic heterocycles. The van der Waals surface area contributed by atoms with Gasteiger partial charge in [-0.1, -0.05) is 13.8 Å². The van der Waals surface area contributed by atoms with E-state index in [-0.39, 0.29) is 30.1 Å². The molecule has 4 N–H and O–H groups in total. The fourth-order valence-corrected chi connectivity index (χ4v) is 1.90. The van der Waals surface area contributed by atoms with Gasteiger partial charge in [-0.2, -0.15) is 22.8 Å². The van der Waals surface area contributed by atoms with Crippen molar-refractivity contribution < 1.29 is 18.0 Å². The molecule has 0 spiro atoms. The van der Waals surface area contributed by atoms with E-state index in [1.165, 1.54) is 6.92 Å². The van der Waals surface area contributed by atoms with Crippen molar-refractivity contribution in [2.24, 2.45) is 11.7 Å². The lowest BCUT2D eigenvalue weighted by Gasteiger charge is -2.33. The van der Waals surface area contributed by atoms with E-state index in [0.29, 0.717) is 0 Å². The Bertz CT molecular complexity index is 766. The van der Waals surface area contributed by atoms with Crippen molar-refractivity contribution in [3.63, 3.8) is 0 Å². The van der Waals surface area contributed by atoms with Crippen LogP contribution in [-0.4, -0.2) is 47.9 Å². The van der Waals surface area contributed by atoms with Gasteiger partial charge in [0.15, 0.2) is 0 Å². The van der Waals surface area contributed by atoms with Crippen LogP contribution in [0.15, 0.2) is 0 Å². The number of carbonyl (C=O) groups is 1. The molecule has 0 saturated carbocycles. The van der Waals surface area contributed by atoms with Crippen molar-refractivity contribution in [3.8, 4) is 5.95 Å². The monoisotopic (exact) mass is 360 g/mol. The van der Waals surface area contributed by atoms with Crippen molar-refractivity contribution in [1.29, 1.82) is 0 Å². The van der Waals surface area contributed by atoms with E-state index in [0.717, 1.165) is 4.68 Å². The first-order valence-corrected chi connectivity index (χ1v) is 7.44. The molecule has 12 heteroatoms. The van der Waals surface area contributed by atoms with Crippen LogP contribution >= 0.6 is 0 Å². The van der Waals surface area contributed by atoms with Crippen molar-refractivity contribution in [3.05, 3.63) is 17.5 Å². The van der Waals surface area contributed by atoms with Crippen LogP contribution in [0.4, 0.5) is 13.2 Å². The van der Waals surface area contributed by atoms with Gasteiger partial charge in [-0.15, -0.1) is 10.2 Å². The number of alkyl halides is 3. The summed E-state index contributed by atoms with van der Waals surface area (Å²) in [6, 6.07) is 0. The van der Waals surface area contributed by atoms with Gasteiger partial charge in [0, 0.05) is 6.54 Å². The highest BCUT2D eigenvalue weighted by Gasteiger charge is 2.36. The molecule has 2 rings (SSSR count). The molecule has 1 amide bonds. The van der Waals surface area contributed by atoms with Gasteiger partial charge in [0.25, 0.3) is 11.9 Å². The van der Waals surface area contributed by atoms with Crippen LogP contribution in [0.5, 0.6) is 0 Å². The van der Waals surface area contributed by atoms with E-state index in [1.807, 2.05) is 13.8 Å². The molecule has 2 heterocycles. The number of rotatable bonds is 5. The zero-order chi connectivity index (χ0) is 19.0. The van der Waals surface area contributed by atoms with Crippen LogP contribution in [0, 0.1) is 12.8 Å². The SMILES string of the molecule is Cc1nc(C(=O)NC(C)(CN)C(C)C)nn1-c1n[nH]c(C(F)(F)F)n1. The lowest BCUT2D eigenvalue weighted by atomic mass is 9.88. The number of aromatic amines is 1. The molecule has 0 radical (unpaired) electrons. The first-order valence-electron chi connectivity index (χ1n) is 7.44. The van der Waals surface area contributed by atoms with Crippen LogP contribution in [0.25, 0.3) is 5.95 Å². The summed E-state index contributed by atoms with van der Waals surface area (Å²) in [7, 11) is 0. The molecular formula is C13H19F3N8O. The molecule has 0 aliphatic carbocycles. The Balaban J connectivity index is 2.28. The number of aromatic nitrogens is 6. The Morgan fingerprint density at radius 3 is 2.48 bits per heavy atom. The average Bonchev–Trinajstić information content (AvgIpc) is 3.12. The Kier molecular flexibility index (Phi) is 4.84. The number of nitrogens with one attached hydrogen (secondary N) is 2. The summed E-state index contributed by atoms with van der Waals surface area (Å²) in [6.45, 7) is 7.25. The number of nitrogens with two attached hydrogens (primary N) is 1. The molecule has 0 bridgehead atoms. The second-order valence-electron chi connectivity index (χ2n) is 6.11. The van der Waals surface area contributed by atoms with Crippen LogP contribution in [0.2, 0.25) is 0 Å². The third-order valence-electron chi connectivity index (χ3n) is 4.00. The topological polar surface area (TPSA) is 127 Å². The van der Waals surface area contributed by atoms with E-state index in [4.69, 9.17) is 5.73 Å². The quantitative estimate of drug-likeness (QED) is 0.724. The Hall–Kier alpha value is -2.50. The second-order valence-corrected chi connectivity index (χ2v) is 6.11. The van der Waals surface area contributed by atoms with Crippen LogP contribution in [0.1, 0.15) is 43.0 Å². The van der Waals surface area contributed by atoms with Crippen molar-refractivity contribution >= 4 is 5.91 Å². The fourth-order valence-electron chi connectivity index (χ4n) is 1.90. The highest BCUT2D eigenvalue weighted by Crippen LogP contribution is 2.26. The number of halogens is 3. The summed E-state index contributed by atoms with van der Waals surface area (Å²) in [5.41, 5.74) is 5.04. The van der Waals surface area contributed by atoms with Gasteiger partial charge < -0.3 is 11.1 Å². The lowest BCUT2D eigenvalue weighted by Crippen LogP contribution is -2.55. The molecule has 2 aromatic heterocycles. The second kappa shape index (κ2) is 6.43. The first-order chi connectivity index (χ1) is 11.5. The van der Waals surface area contributed by atoms with Gasteiger partial charge in [0.1, 0.15) is 5.82 Å². The molecule has 9 nitrogen and oxygen atoms in total. The van der Waals surface area contributed by atoms with Crippen LogP contribution in [0.3, 0.4) is 0 Å². The number of H-pyrrole nitrogens is 1. The van der Waals surface area contributed by atoms with Gasteiger partial charge in [0.2, 0.25) is 11.6 Å². The minimum Gasteiger partial charge on any atom is -0.343 e. The smallest absolute Gasteiger partial charge is 0.343 e. The van der Waals surface area contributed by atoms with E-state index in [1.54, 1.807) is 12.0 Å². The minimum atomic E-state index is -4.67. The highest BCUT2D eigenvalue weighted by atomic mass is 19.4. The summed E-state index contributed by atoms with van der Waals surface area (Å²) >= 11 is 0. The summed E-state index contributed by atoms with van der Waals surface area (Å²) < 4.78 is 38.7. The number of carbonyl (C=O) groups excluding carboxylic acids is 1. The molecule has 138 valence electrons. The average molecular weight is 360 g/mol. The molecule has 0 aromatic carbocycles. The van der Waals surface area contributed by atoms with E-state index < -0.39 is 23.4 Å². The third-order valence-corrected chi connectivity index (χ3v) is 4.00. The standard InChI is InChI=1S/C13H19F3N8O/c1-6(2)12(4,5-17)20-9(25)8-18-7(3)24(23-8)11-19-10(21-22-11)13(14,15)16/h6H,5,17H2,1-4H3,(H,20,25)(H,19,21,22). The number of hydrogen-bond donors (Lipinski definition) is 3. The molecular weight excluding hydrogens is 341 g/mol.